The zero-order chi connectivity index (χ0) is 39.3. The fraction of sp³-hybridized carbons (Fsp3) is 0.127. The molecule has 0 saturated heterocycles. The van der Waals surface area contributed by atoms with Crippen LogP contribution in [0.25, 0.3) is 32.3 Å². The van der Waals surface area contributed by atoms with Crippen molar-refractivity contribution in [3.8, 4) is 0 Å². The SMILES string of the molecule is CC1(C)c2ccc3[c]4c2N(c2cccc5[c]2[Ge]4([CH3])[c]2c(ccc4c2N5c2ccc5ccccc5c2C4(C)C)N3c2ccc3ccccc3c2)c2ccc3ccccc3c21. The standard InChI is InChI=1S/C55H41GeN3/c1-54(2)39-25-29-45-50-52(39)58(41-27-22-33-14-8-10-17-37(33)47(41)54)43-19-12-20-44-49(43)56(50,5)51-46(57(45)36-24-21-32-13-6-7-16-35(32)31-36)30-26-40-53(51)59(44)42-28-23-34-15-9-11-18-38(34)48(42)55(40,3)4/h6-31H,1-5H3. The molecule has 0 fully saturated rings. The van der Waals surface area contributed by atoms with Crippen molar-refractivity contribution in [2.75, 3.05) is 14.7 Å². The Morgan fingerprint density at radius 3 is 1.36 bits per heavy atom. The molecule has 14 rings (SSSR count). The summed E-state index contributed by atoms with van der Waals surface area (Å²) in [7, 11) is 0. The summed E-state index contributed by atoms with van der Waals surface area (Å²) >= 11 is -3.55. The Morgan fingerprint density at radius 1 is 0.373 bits per heavy atom. The molecule has 3 nitrogen and oxygen atoms in total. The van der Waals surface area contributed by atoms with Crippen molar-refractivity contribution in [3.05, 3.63) is 180 Å². The van der Waals surface area contributed by atoms with Crippen molar-refractivity contribution >= 4 is 110 Å². The molecule has 0 saturated carbocycles. The summed E-state index contributed by atoms with van der Waals surface area (Å²) in [4.78, 5) is 8.06. The molecule has 4 heteroatoms. The van der Waals surface area contributed by atoms with E-state index in [1.54, 1.807) is 13.2 Å². The first kappa shape index (κ1) is 32.6. The van der Waals surface area contributed by atoms with Gasteiger partial charge in [-0.3, -0.25) is 0 Å². The van der Waals surface area contributed by atoms with Crippen LogP contribution in [0.15, 0.2) is 158 Å². The molecule has 59 heavy (non-hydrogen) atoms. The van der Waals surface area contributed by atoms with Gasteiger partial charge in [-0.2, -0.15) is 0 Å². The number of benzene rings is 9. The third-order valence-corrected chi connectivity index (χ3v) is 24.6. The monoisotopic (exact) mass is 817 g/mol. The number of hydrogen-bond donors (Lipinski definition) is 0. The number of rotatable bonds is 1. The second kappa shape index (κ2) is 10.5. The van der Waals surface area contributed by atoms with Crippen molar-refractivity contribution in [2.45, 2.75) is 44.3 Å². The predicted molar refractivity (Wildman–Crippen MR) is 251 cm³/mol. The van der Waals surface area contributed by atoms with Gasteiger partial charge in [0.05, 0.1) is 0 Å². The molecule has 0 atom stereocenters. The van der Waals surface area contributed by atoms with Crippen LogP contribution in [0.3, 0.4) is 0 Å². The first-order valence-electron chi connectivity index (χ1n) is 21.1. The van der Waals surface area contributed by atoms with E-state index in [1.165, 1.54) is 106 Å². The molecule has 5 aliphatic rings. The molecular formula is C55H41GeN3. The molecule has 5 aliphatic heterocycles. The molecule has 0 aromatic heterocycles. The van der Waals surface area contributed by atoms with Crippen LogP contribution in [-0.2, 0) is 10.8 Å². The molecule has 0 N–H and O–H groups in total. The van der Waals surface area contributed by atoms with Gasteiger partial charge in [0.15, 0.2) is 0 Å². The Bertz CT molecular complexity index is 3270. The molecule has 280 valence electrons. The van der Waals surface area contributed by atoms with Gasteiger partial charge in [0.2, 0.25) is 0 Å². The third kappa shape index (κ3) is 3.63. The summed E-state index contributed by atoms with van der Waals surface area (Å²) < 4.78 is 4.75. The molecule has 9 aromatic carbocycles. The third-order valence-electron chi connectivity index (χ3n) is 15.1. The van der Waals surface area contributed by atoms with Gasteiger partial charge in [-0.15, -0.1) is 0 Å². The van der Waals surface area contributed by atoms with E-state index in [9.17, 15) is 0 Å². The van der Waals surface area contributed by atoms with Gasteiger partial charge in [0.1, 0.15) is 0 Å². The normalized spacial score (nSPS) is 17.2. The van der Waals surface area contributed by atoms with Crippen molar-refractivity contribution in [3.63, 3.8) is 0 Å². The summed E-state index contributed by atoms with van der Waals surface area (Å²) in [6, 6.07) is 60.7. The molecule has 9 aromatic rings. The van der Waals surface area contributed by atoms with Crippen molar-refractivity contribution in [1.29, 1.82) is 0 Å². The van der Waals surface area contributed by atoms with E-state index in [0.717, 1.165) is 0 Å². The van der Waals surface area contributed by atoms with Crippen LogP contribution < -0.4 is 27.9 Å². The zero-order valence-corrected chi connectivity index (χ0v) is 36.0. The minimum absolute atomic E-state index is 0.225. The van der Waals surface area contributed by atoms with E-state index < -0.39 is 13.3 Å². The molecular weight excluding hydrogens is 775 g/mol. The van der Waals surface area contributed by atoms with Crippen LogP contribution >= 0.6 is 0 Å². The fourth-order valence-electron chi connectivity index (χ4n) is 12.7. The molecule has 0 aliphatic carbocycles. The van der Waals surface area contributed by atoms with Crippen LogP contribution in [0.1, 0.15) is 49.9 Å². The first-order chi connectivity index (χ1) is 28.7. The maximum absolute atomic E-state index is 3.55. The van der Waals surface area contributed by atoms with Gasteiger partial charge < -0.3 is 0 Å². The number of fused-ring (bicyclic) bond motifs is 11. The molecule has 0 spiro atoms. The van der Waals surface area contributed by atoms with Gasteiger partial charge in [0, 0.05) is 0 Å². The number of anilines is 9. The van der Waals surface area contributed by atoms with E-state index in [0.29, 0.717) is 0 Å². The molecule has 5 heterocycles. The van der Waals surface area contributed by atoms with E-state index in [2.05, 4.69) is 206 Å². The predicted octanol–water partition coefficient (Wildman–Crippen LogP) is 12.9. The average Bonchev–Trinajstić information content (AvgIpc) is 3.25. The summed E-state index contributed by atoms with van der Waals surface area (Å²) in [5.74, 6) is 2.75. The molecule has 0 bridgehead atoms. The van der Waals surface area contributed by atoms with Crippen molar-refractivity contribution in [2.24, 2.45) is 0 Å². The molecule has 0 amide bonds. The Kier molecular flexibility index (Phi) is 5.79. The Labute approximate surface area is 347 Å². The number of nitrogens with zero attached hydrogens (tertiary/aromatic N) is 3. The Morgan fingerprint density at radius 2 is 0.814 bits per heavy atom. The summed E-state index contributed by atoms with van der Waals surface area (Å²) in [6.45, 7) is 9.89. The quantitative estimate of drug-likeness (QED) is 0.153. The number of hydrogen-bond acceptors (Lipinski definition) is 3. The van der Waals surface area contributed by atoms with E-state index in [-0.39, 0.29) is 10.8 Å². The second-order valence-electron chi connectivity index (χ2n) is 18.7. The van der Waals surface area contributed by atoms with Crippen molar-refractivity contribution in [1.82, 2.24) is 0 Å². The average molecular weight is 817 g/mol. The van der Waals surface area contributed by atoms with E-state index in [4.69, 9.17) is 0 Å². The van der Waals surface area contributed by atoms with Crippen LogP contribution in [0.5, 0.6) is 0 Å². The minimum atomic E-state index is -3.55. The maximum atomic E-state index is 2.75. The van der Waals surface area contributed by atoms with Gasteiger partial charge in [-0.1, -0.05) is 0 Å². The second-order valence-corrected chi connectivity index (χ2v) is 26.5. The fourth-order valence-corrected chi connectivity index (χ4v) is 23.3. The van der Waals surface area contributed by atoms with Gasteiger partial charge in [-0.25, -0.2) is 0 Å². The van der Waals surface area contributed by atoms with Crippen LogP contribution in [0.2, 0.25) is 5.76 Å². The molecule has 0 radical (unpaired) electrons. The first-order valence-corrected chi connectivity index (χ1v) is 26.4. The summed E-state index contributed by atoms with van der Waals surface area (Å²) in [5, 5.41) is 7.80. The Hall–Kier alpha value is -6.30. The van der Waals surface area contributed by atoms with Gasteiger partial charge in [0.25, 0.3) is 0 Å². The van der Waals surface area contributed by atoms with Gasteiger partial charge >= 0.3 is 349 Å². The topological polar surface area (TPSA) is 9.72 Å². The van der Waals surface area contributed by atoms with E-state index >= 15 is 0 Å². The van der Waals surface area contributed by atoms with Crippen LogP contribution in [-0.4, -0.2) is 13.3 Å². The van der Waals surface area contributed by atoms with Crippen LogP contribution in [0, 0.1) is 0 Å². The van der Waals surface area contributed by atoms with Crippen LogP contribution in [0.4, 0.5) is 51.2 Å². The summed E-state index contributed by atoms with van der Waals surface area (Å²) in [6.07, 6.45) is 0. The molecule has 0 unspecified atom stereocenters. The summed E-state index contributed by atoms with van der Waals surface area (Å²) in [5.41, 5.74) is 17.3. The van der Waals surface area contributed by atoms with Crippen molar-refractivity contribution < 1.29 is 0 Å². The Balaban J connectivity index is 1.18. The van der Waals surface area contributed by atoms with Gasteiger partial charge in [-0.05, 0) is 0 Å². The zero-order valence-electron chi connectivity index (χ0n) is 33.9. The van der Waals surface area contributed by atoms with E-state index in [1.807, 2.05) is 0 Å².